The van der Waals surface area contributed by atoms with Gasteiger partial charge in [0.05, 0.1) is 0 Å². The molecule has 0 bridgehead atoms. The molecule has 0 aromatic carbocycles. The molecule has 2 heteroatoms. The molecule has 1 nitrogen and oxygen atoms in total. The van der Waals surface area contributed by atoms with Gasteiger partial charge >= 0.3 is 0 Å². The highest BCUT2D eigenvalue weighted by Crippen LogP contribution is 2.23. The van der Waals surface area contributed by atoms with Crippen LogP contribution in [0.1, 0.15) is 40.5 Å². The molecule has 80 valence electrons. The Hall–Kier alpha value is -0.110. The molecule has 3 unspecified atom stereocenters. The number of hydrogen-bond acceptors (Lipinski definition) is 1. The van der Waals surface area contributed by atoms with Crippen molar-refractivity contribution in [1.82, 2.24) is 0 Å². The quantitative estimate of drug-likeness (QED) is 0.683. The fourth-order valence-electron chi connectivity index (χ4n) is 1.56. The molecule has 0 heterocycles. The molecule has 0 rings (SSSR count). The van der Waals surface area contributed by atoms with Gasteiger partial charge in [-0.1, -0.05) is 34.1 Å². The fourth-order valence-corrected chi connectivity index (χ4v) is 1.56. The molecule has 0 aromatic rings. The summed E-state index contributed by atoms with van der Waals surface area (Å²) in [5.74, 6) is 0.862. The third-order valence-electron chi connectivity index (χ3n) is 2.92. The Morgan fingerprint density at radius 3 is 2.08 bits per heavy atom. The standard InChI is InChI=1S/C11H24FN/c1-5-9(4)6-11(12)10(7-13)8(2)3/h8-11H,5-7,13H2,1-4H3. The van der Waals surface area contributed by atoms with Crippen LogP contribution in [0.15, 0.2) is 0 Å². The third kappa shape index (κ3) is 4.61. The minimum absolute atomic E-state index is 0.0361. The predicted molar refractivity (Wildman–Crippen MR) is 56.4 cm³/mol. The molecule has 0 saturated carbocycles. The predicted octanol–water partition coefficient (Wildman–Crippen LogP) is 2.99. The molecule has 2 N–H and O–H groups in total. The summed E-state index contributed by atoms with van der Waals surface area (Å²) in [7, 11) is 0. The largest absolute Gasteiger partial charge is 0.330 e. The van der Waals surface area contributed by atoms with Crippen molar-refractivity contribution in [3.63, 3.8) is 0 Å². The molecule has 0 aliphatic carbocycles. The summed E-state index contributed by atoms with van der Waals surface area (Å²) in [5, 5.41) is 0. The van der Waals surface area contributed by atoms with E-state index in [4.69, 9.17) is 5.73 Å². The lowest BCUT2D eigenvalue weighted by atomic mass is 9.86. The van der Waals surface area contributed by atoms with Gasteiger partial charge in [0.15, 0.2) is 0 Å². The van der Waals surface area contributed by atoms with Gasteiger partial charge in [-0.15, -0.1) is 0 Å². The average molecular weight is 189 g/mol. The van der Waals surface area contributed by atoms with Crippen molar-refractivity contribution < 1.29 is 4.39 Å². The molecule has 0 aromatic heterocycles. The monoisotopic (exact) mass is 189 g/mol. The summed E-state index contributed by atoms with van der Waals surface area (Å²) in [6, 6.07) is 0. The van der Waals surface area contributed by atoms with Crippen LogP contribution in [0.4, 0.5) is 4.39 Å². The number of alkyl halides is 1. The highest BCUT2D eigenvalue weighted by molar-refractivity contribution is 4.74. The molecule has 0 radical (unpaired) electrons. The molecule has 3 atom stereocenters. The van der Waals surface area contributed by atoms with Crippen LogP contribution in [0.25, 0.3) is 0 Å². The highest BCUT2D eigenvalue weighted by Gasteiger charge is 2.23. The maximum Gasteiger partial charge on any atom is 0.105 e. The van der Waals surface area contributed by atoms with E-state index < -0.39 is 6.17 Å². The van der Waals surface area contributed by atoms with Crippen molar-refractivity contribution >= 4 is 0 Å². The zero-order valence-electron chi connectivity index (χ0n) is 9.39. The molecule has 0 fully saturated rings. The second-order valence-corrected chi connectivity index (χ2v) is 4.41. The van der Waals surface area contributed by atoms with E-state index in [9.17, 15) is 4.39 Å². The summed E-state index contributed by atoms with van der Waals surface area (Å²) < 4.78 is 13.7. The normalized spacial score (nSPS) is 18.7. The van der Waals surface area contributed by atoms with Crippen LogP contribution >= 0.6 is 0 Å². The molecule has 0 saturated heterocycles. The van der Waals surface area contributed by atoms with Crippen LogP contribution in [0, 0.1) is 17.8 Å². The van der Waals surface area contributed by atoms with E-state index >= 15 is 0 Å². The average Bonchev–Trinajstić information content (AvgIpc) is 2.04. The minimum atomic E-state index is -0.722. The Kier molecular flexibility index (Phi) is 6.31. The Bertz CT molecular complexity index is 125. The molecule has 0 amide bonds. The Labute approximate surface area is 81.9 Å². The summed E-state index contributed by atoms with van der Waals surface area (Å²) in [5.41, 5.74) is 5.55. The van der Waals surface area contributed by atoms with E-state index in [1.807, 2.05) is 13.8 Å². The van der Waals surface area contributed by atoms with E-state index in [2.05, 4.69) is 13.8 Å². The highest BCUT2D eigenvalue weighted by atomic mass is 19.1. The van der Waals surface area contributed by atoms with Crippen molar-refractivity contribution in [1.29, 1.82) is 0 Å². The van der Waals surface area contributed by atoms with Gasteiger partial charge in [0.1, 0.15) is 6.17 Å². The van der Waals surface area contributed by atoms with Gasteiger partial charge in [0.25, 0.3) is 0 Å². The lowest BCUT2D eigenvalue weighted by Crippen LogP contribution is -2.30. The lowest BCUT2D eigenvalue weighted by molar-refractivity contribution is 0.155. The first-order valence-corrected chi connectivity index (χ1v) is 5.37. The van der Waals surface area contributed by atoms with E-state index in [1.54, 1.807) is 0 Å². The first-order valence-electron chi connectivity index (χ1n) is 5.37. The number of nitrogens with two attached hydrogens (primary N) is 1. The zero-order chi connectivity index (χ0) is 10.4. The van der Waals surface area contributed by atoms with Crippen molar-refractivity contribution in [3.05, 3.63) is 0 Å². The van der Waals surface area contributed by atoms with Crippen LogP contribution in [-0.4, -0.2) is 12.7 Å². The SMILES string of the molecule is CCC(C)CC(F)C(CN)C(C)C. The summed E-state index contributed by atoms with van der Waals surface area (Å²) in [4.78, 5) is 0. The molecular weight excluding hydrogens is 165 g/mol. The number of halogens is 1. The summed E-state index contributed by atoms with van der Waals surface area (Å²) in [6.07, 6.45) is 0.992. The van der Waals surface area contributed by atoms with Crippen LogP contribution in [-0.2, 0) is 0 Å². The van der Waals surface area contributed by atoms with E-state index in [0.717, 1.165) is 6.42 Å². The van der Waals surface area contributed by atoms with Crippen molar-refractivity contribution in [3.8, 4) is 0 Å². The van der Waals surface area contributed by atoms with Gasteiger partial charge in [0, 0.05) is 5.92 Å². The molecule has 0 aliphatic heterocycles. The van der Waals surface area contributed by atoms with Crippen molar-refractivity contribution in [2.24, 2.45) is 23.5 Å². The maximum atomic E-state index is 13.7. The van der Waals surface area contributed by atoms with Gasteiger partial charge in [-0.3, -0.25) is 0 Å². The van der Waals surface area contributed by atoms with Crippen LogP contribution in [0.3, 0.4) is 0 Å². The first-order chi connectivity index (χ1) is 6.02. The van der Waals surface area contributed by atoms with Gasteiger partial charge < -0.3 is 5.73 Å². The van der Waals surface area contributed by atoms with Crippen LogP contribution in [0.5, 0.6) is 0 Å². The van der Waals surface area contributed by atoms with Gasteiger partial charge in [-0.05, 0) is 24.8 Å². The number of hydrogen-bond donors (Lipinski definition) is 1. The van der Waals surface area contributed by atoms with E-state index in [0.29, 0.717) is 24.8 Å². The Morgan fingerprint density at radius 2 is 1.77 bits per heavy atom. The van der Waals surface area contributed by atoms with E-state index in [-0.39, 0.29) is 5.92 Å². The van der Waals surface area contributed by atoms with Gasteiger partial charge in [-0.2, -0.15) is 0 Å². The fraction of sp³-hybridized carbons (Fsp3) is 1.00. The molecule has 0 aliphatic rings. The topological polar surface area (TPSA) is 26.0 Å². The minimum Gasteiger partial charge on any atom is -0.330 e. The molecule has 0 spiro atoms. The smallest absolute Gasteiger partial charge is 0.105 e. The van der Waals surface area contributed by atoms with Gasteiger partial charge in [-0.25, -0.2) is 4.39 Å². The van der Waals surface area contributed by atoms with Crippen LogP contribution in [0.2, 0.25) is 0 Å². The molecule has 13 heavy (non-hydrogen) atoms. The zero-order valence-corrected chi connectivity index (χ0v) is 9.39. The van der Waals surface area contributed by atoms with Crippen molar-refractivity contribution in [2.75, 3.05) is 6.54 Å². The number of rotatable bonds is 6. The Morgan fingerprint density at radius 1 is 1.23 bits per heavy atom. The lowest BCUT2D eigenvalue weighted by Gasteiger charge is -2.24. The third-order valence-corrected chi connectivity index (χ3v) is 2.92. The summed E-state index contributed by atoms with van der Waals surface area (Å²) >= 11 is 0. The molecular formula is C11H24FN. The second kappa shape index (κ2) is 6.36. The van der Waals surface area contributed by atoms with Crippen molar-refractivity contribution in [2.45, 2.75) is 46.7 Å². The Balaban J connectivity index is 3.97. The van der Waals surface area contributed by atoms with Crippen LogP contribution < -0.4 is 5.73 Å². The van der Waals surface area contributed by atoms with Gasteiger partial charge in [0.2, 0.25) is 0 Å². The first kappa shape index (κ1) is 12.9. The summed E-state index contributed by atoms with van der Waals surface area (Å²) in [6.45, 7) is 8.75. The maximum absolute atomic E-state index is 13.7. The second-order valence-electron chi connectivity index (χ2n) is 4.41. The van der Waals surface area contributed by atoms with E-state index in [1.165, 1.54) is 0 Å².